The van der Waals surface area contributed by atoms with Crippen LogP contribution in [0.25, 0.3) is 0 Å². The first-order valence-electron chi connectivity index (χ1n) is 7.28. The van der Waals surface area contributed by atoms with E-state index < -0.39 is 11.9 Å². The van der Waals surface area contributed by atoms with Gasteiger partial charge in [-0.1, -0.05) is 0 Å². The van der Waals surface area contributed by atoms with E-state index >= 15 is 0 Å². The molecule has 1 aliphatic rings. The number of nitrogens with zero attached hydrogens (tertiary/aromatic N) is 1. The van der Waals surface area contributed by atoms with Crippen LogP contribution < -0.4 is 0 Å². The Morgan fingerprint density at radius 3 is 2.00 bits per heavy atom. The van der Waals surface area contributed by atoms with Gasteiger partial charge in [0.15, 0.2) is 0 Å². The van der Waals surface area contributed by atoms with E-state index in [4.69, 9.17) is 4.74 Å². The van der Waals surface area contributed by atoms with E-state index in [0.29, 0.717) is 12.1 Å². The van der Waals surface area contributed by atoms with Crippen molar-refractivity contribution < 1.29 is 19.1 Å². The van der Waals surface area contributed by atoms with E-state index in [1.807, 2.05) is 0 Å². The van der Waals surface area contributed by atoms with Crippen LogP contribution >= 0.6 is 0 Å². The highest BCUT2D eigenvalue weighted by atomic mass is 16.5. The second-order valence-electron chi connectivity index (χ2n) is 6.75. The first kappa shape index (κ1) is 17.7. The Morgan fingerprint density at radius 1 is 1.05 bits per heavy atom. The predicted molar refractivity (Wildman–Crippen MR) is 80.8 cm³/mol. The molecule has 0 saturated carbocycles. The first-order chi connectivity index (χ1) is 9.64. The Labute approximate surface area is 127 Å². The van der Waals surface area contributed by atoms with Gasteiger partial charge in [0.05, 0.1) is 19.8 Å². The Balaban J connectivity index is 3.08. The average molecular weight is 297 g/mol. The van der Waals surface area contributed by atoms with Gasteiger partial charge in [-0.05, 0) is 47.0 Å². The Kier molecular flexibility index (Phi) is 5.56. The van der Waals surface area contributed by atoms with Crippen LogP contribution in [-0.2, 0) is 19.1 Å². The lowest BCUT2D eigenvalue weighted by atomic mass is 9.79. The van der Waals surface area contributed by atoms with Crippen LogP contribution in [0, 0.1) is 0 Å². The zero-order valence-corrected chi connectivity index (χ0v) is 14.0. The maximum Gasteiger partial charge on any atom is 0.335 e. The fraction of sp³-hybridized carbons (Fsp3) is 0.750. The zero-order valence-electron chi connectivity index (χ0n) is 14.0. The third kappa shape index (κ3) is 4.30. The van der Waals surface area contributed by atoms with Gasteiger partial charge < -0.3 is 9.47 Å². The number of carbonyl (C=O) groups is 2. The van der Waals surface area contributed by atoms with Crippen LogP contribution in [0.4, 0.5) is 0 Å². The first-order valence-corrected chi connectivity index (χ1v) is 7.28. The summed E-state index contributed by atoms with van der Waals surface area (Å²) < 4.78 is 9.42. The number of ether oxygens (including phenoxy) is 2. The van der Waals surface area contributed by atoms with Crippen molar-refractivity contribution in [1.82, 2.24) is 4.90 Å². The van der Waals surface area contributed by atoms with Crippen LogP contribution in [0.5, 0.6) is 0 Å². The molecule has 1 fully saturated rings. The molecule has 0 aromatic rings. The molecule has 1 aliphatic heterocycles. The van der Waals surface area contributed by atoms with Gasteiger partial charge in [0.2, 0.25) is 0 Å². The summed E-state index contributed by atoms with van der Waals surface area (Å²) >= 11 is 0. The normalized spacial score (nSPS) is 21.7. The molecular weight excluding hydrogens is 270 g/mol. The maximum absolute atomic E-state index is 11.9. The fourth-order valence-electron chi connectivity index (χ4n) is 3.14. The molecule has 0 bridgehead atoms. The van der Waals surface area contributed by atoms with Gasteiger partial charge in [-0.2, -0.15) is 0 Å². The van der Waals surface area contributed by atoms with Gasteiger partial charge in [-0.25, -0.2) is 9.59 Å². The molecule has 5 nitrogen and oxygen atoms in total. The Hall–Kier alpha value is -1.36. The van der Waals surface area contributed by atoms with Gasteiger partial charge in [0.25, 0.3) is 0 Å². The van der Waals surface area contributed by atoms with Crippen molar-refractivity contribution >= 4 is 11.9 Å². The van der Waals surface area contributed by atoms with Crippen molar-refractivity contribution in [2.45, 2.75) is 58.0 Å². The van der Waals surface area contributed by atoms with Crippen LogP contribution in [0.3, 0.4) is 0 Å². The summed E-state index contributed by atoms with van der Waals surface area (Å²) in [5, 5.41) is 0. The third-order valence-electron chi connectivity index (χ3n) is 4.31. The van der Waals surface area contributed by atoms with Crippen LogP contribution in [0.2, 0.25) is 0 Å². The van der Waals surface area contributed by atoms with Gasteiger partial charge in [-0.15, -0.1) is 0 Å². The molecule has 0 aromatic heterocycles. The summed E-state index contributed by atoms with van der Waals surface area (Å²) in [6.07, 6.45) is 4.50. The number of piperidine rings is 1. The molecule has 5 heteroatoms. The predicted octanol–water partition coefficient (Wildman–Crippen LogP) is 2.30. The summed E-state index contributed by atoms with van der Waals surface area (Å²) in [6.45, 7) is 9.05. The molecule has 120 valence electrons. The van der Waals surface area contributed by atoms with Crippen molar-refractivity contribution in [2.24, 2.45) is 0 Å². The second kappa shape index (κ2) is 6.60. The molecule has 0 aromatic carbocycles. The van der Waals surface area contributed by atoms with E-state index in [1.165, 1.54) is 20.3 Å². The number of carbonyl (C=O) groups excluding carboxylic acids is 2. The molecule has 0 aliphatic carbocycles. The number of methoxy groups -OCH3 is 2. The SMILES string of the molecule is COC(=O)/C=C(\CN1C(C)(C)CCCC1(C)C)C(=O)OC. The topological polar surface area (TPSA) is 55.8 Å². The van der Waals surface area contributed by atoms with Crippen LogP contribution in [0.1, 0.15) is 47.0 Å². The Morgan fingerprint density at radius 2 is 1.57 bits per heavy atom. The van der Waals surface area contributed by atoms with Crippen molar-refractivity contribution in [3.63, 3.8) is 0 Å². The minimum absolute atomic E-state index is 0.0367. The highest BCUT2D eigenvalue weighted by Gasteiger charge is 2.42. The van der Waals surface area contributed by atoms with Gasteiger partial charge in [0.1, 0.15) is 0 Å². The molecule has 1 rings (SSSR count). The van der Waals surface area contributed by atoms with E-state index in [1.54, 1.807) is 0 Å². The lowest BCUT2D eigenvalue weighted by molar-refractivity contribution is -0.139. The molecule has 1 heterocycles. The fourth-order valence-corrected chi connectivity index (χ4v) is 3.14. The third-order valence-corrected chi connectivity index (χ3v) is 4.31. The largest absolute Gasteiger partial charge is 0.466 e. The Bertz CT molecular complexity index is 422. The molecule has 0 N–H and O–H groups in total. The van der Waals surface area contributed by atoms with E-state index in [-0.39, 0.29) is 11.1 Å². The van der Waals surface area contributed by atoms with Gasteiger partial charge in [-0.3, -0.25) is 4.90 Å². The minimum Gasteiger partial charge on any atom is -0.466 e. The average Bonchev–Trinajstić information content (AvgIpc) is 2.39. The summed E-state index contributed by atoms with van der Waals surface area (Å²) in [4.78, 5) is 25.7. The number of likely N-dealkylation sites (tertiary alicyclic amines) is 1. The van der Waals surface area contributed by atoms with E-state index in [2.05, 4.69) is 37.3 Å². The van der Waals surface area contributed by atoms with E-state index in [0.717, 1.165) is 19.3 Å². The number of esters is 2. The highest BCUT2D eigenvalue weighted by molar-refractivity contribution is 5.96. The number of hydrogen-bond acceptors (Lipinski definition) is 5. The number of rotatable bonds is 4. The standard InChI is InChI=1S/C16H27NO4/c1-15(2)8-7-9-16(3,4)17(15)11-12(14(19)21-6)10-13(18)20-5/h10H,7-9,11H2,1-6H3/b12-10+. The summed E-state index contributed by atoms with van der Waals surface area (Å²) in [7, 11) is 2.61. The summed E-state index contributed by atoms with van der Waals surface area (Å²) in [6, 6.07) is 0. The molecule has 1 saturated heterocycles. The zero-order chi connectivity index (χ0) is 16.3. The van der Waals surface area contributed by atoms with E-state index in [9.17, 15) is 9.59 Å². The second-order valence-corrected chi connectivity index (χ2v) is 6.75. The maximum atomic E-state index is 11.9. The van der Waals surface area contributed by atoms with Crippen molar-refractivity contribution in [3.8, 4) is 0 Å². The summed E-state index contributed by atoms with van der Waals surface area (Å²) in [5.74, 6) is -1.03. The molecule has 0 spiro atoms. The quantitative estimate of drug-likeness (QED) is 0.589. The monoisotopic (exact) mass is 297 g/mol. The minimum atomic E-state index is -0.539. The smallest absolute Gasteiger partial charge is 0.335 e. The van der Waals surface area contributed by atoms with Crippen molar-refractivity contribution in [1.29, 1.82) is 0 Å². The highest BCUT2D eigenvalue weighted by Crippen LogP contribution is 2.38. The molecule has 21 heavy (non-hydrogen) atoms. The lowest BCUT2D eigenvalue weighted by Gasteiger charge is -2.53. The molecule has 0 radical (unpaired) electrons. The van der Waals surface area contributed by atoms with Gasteiger partial charge in [0, 0.05) is 23.7 Å². The molecule has 0 atom stereocenters. The molecule has 0 unspecified atom stereocenters. The number of hydrogen-bond donors (Lipinski definition) is 0. The molecular formula is C16H27NO4. The van der Waals surface area contributed by atoms with Crippen molar-refractivity contribution in [3.05, 3.63) is 11.6 Å². The van der Waals surface area contributed by atoms with Crippen LogP contribution in [0.15, 0.2) is 11.6 Å². The van der Waals surface area contributed by atoms with Gasteiger partial charge >= 0.3 is 11.9 Å². The lowest BCUT2D eigenvalue weighted by Crippen LogP contribution is -2.59. The van der Waals surface area contributed by atoms with Crippen molar-refractivity contribution in [2.75, 3.05) is 20.8 Å². The summed E-state index contributed by atoms with van der Waals surface area (Å²) in [5.41, 5.74) is 0.253. The molecule has 0 amide bonds. The van der Waals surface area contributed by atoms with Crippen LogP contribution in [-0.4, -0.2) is 48.7 Å².